The summed E-state index contributed by atoms with van der Waals surface area (Å²) in [6.45, 7) is 0. The molecule has 2 aromatic rings. The Hall–Kier alpha value is -2.56. The average molecular weight is 325 g/mol. The summed E-state index contributed by atoms with van der Waals surface area (Å²) in [6, 6.07) is 17.9. The van der Waals surface area contributed by atoms with E-state index in [1.165, 1.54) is 12.8 Å². The van der Waals surface area contributed by atoms with Crippen LogP contribution in [0.4, 0.5) is 17.1 Å². The van der Waals surface area contributed by atoms with E-state index < -0.39 is 0 Å². The predicted octanol–water partition coefficient (Wildman–Crippen LogP) is 4.45. The summed E-state index contributed by atoms with van der Waals surface area (Å²) < 4.78 is 0. The molecule has 1 aliphatic carbocycles. The SMILES string of the molecule is CN(c1ccc([N+](=O)[O-])cc1)[C@@H]1CCCC[C@H]1Nc1ccccc1. The Morgan fingerprint density at radius 2 is 1.71 bits per heavy atom. The molecule has 0 unspecified atom stereocenters. The number of nitrogens with zero attached hydrogens (tertiary/aromatic N) is 2. The van der Waals surface area contributed by atoms with E-state index in [0.717, 1.165) is 24.2 Å². The van der Waals surface area contributed by atoms with Crippen LogP contribution in [0.2, 0.25) is 0 Å². The summed E-state index contributed by atoms with van der Waals surface area (Å²) in [7, 11) is 2.08. The zero-order valence-corrected chi connectivity index (χ0v) is 13.9. The maximum atomic E-state index is 10.8. The highest BCUT2D eigenvalue weighted by Gasteiger charge is 2.28. The van der Waals surface area contributed by atoms with E-state index in [1.807, 2.05) is 30.3 Å². The molecule has 0 saturated heterocycles. The topological polar surface area (TPSA) is 58.4 Å². The number of rotatable bonds is 5. The van der Waals surface area contributed by atoms with Gasteiger partial charge in [-0.05, 0) is 37.1 Å². The Bertz CT molecular complexity index is 673. The second kappa shape index (κ2) is 7.34. The van der Waals surface area contributed by atoms with E-state index >= 15 is 0 Å². The van der Waals surface area contributed by atoms with Crippen LogP contribution in [-0.2, 0) is 0 Å². The zero-order valence-electron chi connectivity index (χ0n) is 13.9. The number of anilines is 2. The number of hydrogen-bond acceptors (Lipinski definition) is 4. The lowest BCUT2D eigenvalue weighted by atomic mass is 9.88. The van der Waals surface area contributed by atoms with Crippen molar-refractivity contribution in [3.8, 4) is 0 Å². The third-order valence-electron chi connectivity index (χ3n) is 4.82. The van der Waals surface area contributed by atoms with Gasteiger partial charge in [0, 0.05) is 42.6 Å². The van der Waals surface area contributed by atoms with Crippen molar-refractivity contribution in [2.45, 2.75) is 37.8 Å². The second-order valence-corrected chi connectivity index (χ2v) is 6.35. The molecule has 0 amide bonds. The van der Waals surface area contributed by atoms with Crippen LogP contribution < -0.4 is 10.2 Å². The van der Waals surface area contributed by atoms with Gasteiger partial charge in [-0.25, -0.2) is 0 Å². The van der Waals surface area contributed by atoms with Gasteiger partial charge in [-0.2, -0.15) is 0 Å². The van der Waals surface area contributed by atoms with E-state index in [2.05, 4.69) is 29.4 Å². The van der Waals surface area contributed by atoms with Crippen molar-refractivity contribution in [1.29, 1.82) is 0 Å². The monoisotopic (exact) mass is 325 g/mol. The van der Waals surface area contributed by atoms with Crippen molar-refractivity contribution in [3.63, 3.8) is 0 Å². The van der Waals surface area contributed by atoms with Crippen molar-refractivity contribution in [1.82, 2.24) is 0 Å². The third-order valence-corrected chi connectivity index (χ3v) is 4.82. The number of nitrogens with one attached hydrogen (secondary N) is 1. The Balaban J connectivity index is 1.75. The lowest BCUT2D eigenvalue weighted by Crippen LogP contribution is -2.47. The van der Waals surface area contributed by atoms with Crippen molar-refractivity contribution in [2.24, 2.45) is 0 Å². The molecular weight excluding hydrogens is 302 g/mol. The van der Waals surface area contributed by atoms with Crippen molar-refractivity contribution >= 4 is 17.1 Å². The van der Waals surface area contributed by atoms with Gasteiger partial charge in [-0.15, -0.1) is 0 Å². The van der Waals surface area contributed by atoms with Crippen LogP contribution >= 0.6 is 0 Å². The van der Waals surface area contributed by atoms with Crippen molar-refractivity contribution < 1.29 is 4.92 Å². The maximum absolute atomic E-state index is 10.8. The summed E-state index contributed by atoms with van der Waals surface area (Å²) in [4.78, 5) is 12.7. The number of benzene rings is 2. The Morgan fingerprint density at radius 3 is 2.38 bits per heavy atom. The quantitative estimate of drug-likeness (QED) is 0.651. The molecule has 0 bridgehead atoms. The van der Waals surface area contributed by atoms with Crippen LogP contribution in [0.5, 0.6) is 0 Å². The maximum Gasteiger partial charge on any atom is 0.269 e. The first-order valence-electron chi connectivity index (χ1n) is 8.44. The first-order chi connectivity index (χ1) is 11.6. The molecule has 1 N–H and O–H groups in total. The molecule has 0 aliphatic heterocycles. The molecule has 126 valence electrons. The predicted molar refractivity (Wildman–Crippen MR) is 97.6 cm³/mol. The van der Waals surface area contributed by atoms with Crippen LogP contribution in [0, 0.1) is 10.1 Å². The van der Waals surface area contributed by atoms with Crippen LogP contribution in [0.3, 0.4) is 0 Å². The summed E-state index contributed by atoms with van der Waals surface area (Å²) in [6.07, 6.45) is 4.71. The highest BCUT2D eigenvalue weighted by Crippen LogP contribution is 2.29. The number of non-ortho nitro benzene ring substituents is 1. The fraction of sp³-hybridized carbons (Fsp3) is 0.368. The highest BCUT2D eigenvalue weighted by atomic mass is 16.6. The van der Waals surface area contributed by atoms with E-state index in [-0.39, 0.29) is 10.6 Å². The number of nitro benzene ring substituents is 1. The van der Waals surface area contributed by atoms with Crippen LogP contribution in [0.15, 0.2) is 54.6 Å². The minimum absolute atomic E-state index is 0.134. The lowest BCUT2D eigenvalue weighted by Gasteiger charge is -2.40. The van der Waals surface area contributed by atoms with Gasteiger partial charge in [0.2, 0.25) is 0 Å². The van der Waals surface area contributed by atoms with Crippen LogP contribution in [-0.4, -0.2) is 24.1 Å². The Labute approximate surface area is 142 Å². The van der Waals surface area contributed by atoms with E-state index in [4.69, 9.17) is 0 Å². The van der Waals surface area contributed by atoms with E-state index in [0.29, 0.717) is 12.1 Å². The van der Waals surface area contributed by atoms with Gasteiger partial charge >= 0.3 is 0 Å². The van der Waals surface area contributed by atoms with Gasteiger partial charge in [0.25, 0.3) is 5.69 Å². The number of para-hydroxylation sites is 1. The fourth-order valence-electron chi connectivity index (χ4n) is 3.49. The summed E-state index contributed by atoms with van der Waals surface area (Å²) in [5, 5.41) is 14.5. The fourth-order valence-corrected chi connectivity index (χ4v) is 3.49. The smallest absolute Gasteiger partial charge is 0.269 e. The van der Waals surface area contributed by atoms with Crippen molar-refractivity contribution in [3.05, 3.63) is 64.7 Å². The highest BCUT2D eigenvalue weighted by molar-refractivity contribution is 5.52. The number of likely N-dealkylation sites (N-methyl/N-ethyl adjacent to an activating group) is 1. The van der Waals surface area contributed by atoms with Gasteiger partial charge in [0.05, 0.1) is 4.92 Å². The normalized spacial score (nSPS) is 20.4. The molecule has 2 atom stereocenters. The van der Waals surface area contributed by atoms with E-state index in [9.17, 15) is 10.1 Å². The molecule has 0 aromatic heterocycles. The minimum atomic E-state index is -0.357. The molecule has 5 heteroatoms. The number of nitro groups is 1. The van der Waals surface area contributed by atoms with Crippen LogP contribution in [0.1, 0.15) is 25.7 Å². The number of hydrogen-bond donors (Lipinski definition) is 1. The van der Waals surface area contributed by atoms with Gasteiger partial charge in [-0.3, -0.25) is 10.1 Å². The van der Waals surface area contributed by atoms with Gasteiger partial charge in [0.1, 0.15) is 0 Å². The zero-order chi connectivity index (χ0) is 16.9. The lowest BCUT2D eigenvalue weighted by molar-refractivity contribution is -0.384. The van der Waals surface area contributed by atoms with Gasteiger partial charge in [-0.1, -0.05) is 31.0 Å². The molecule has 1 fully saturated rings. The third kappa shape index (κ3) is 3.67. The first-order valence-corrected chi connectivity index (χ1v) is 8.44. The summed E-state index contributed by atoms with van der Waals surface area (Å²) in [5.41, 5.74) is 2.30. The standard InChI is InChI=1S/C19H23N3O2/c1-21(16-11-13-17(14-12-16)22(23)24)19-10-6-5-9-18(19)20-15-7-3-2-4-8-15/h2-4,7-8,11-14,18-20H,5-6,9-10H2,1H3/t18-,19-/m1/s1. The second-order valence-electron chi connectivity index (χ2n) is 6.35. The van der Waals surface area contributed by atoms with Gasteiger partial charge in [0.15, 0.2) is 0 Å². The molecule has 2 aromatic carbocycles. The summed E-state index contributed by atoms with van der Waals surface area (Å²) >= 11 is 0. The molecule has 24 heavy (non-hydrogen) atoms. The van der Waals surface area contributed by atoms with Gasteiger partial charge < -0.3 is 10.2 Å². The Morgan fingerprint density at radius 1 is 1.04 bits per heavy atom. The molecule has 0 heterocycles. The van der Waals surface area contributed by atoms with Crippen molar-refractivity contribution in [2.75, 3.05) is 17.3 Å². The molecule has 0 radical (unpaired) electrons. The minimum Gasteiger partial charge on any atom is -0.380 e. The molecule has 1 aliphatic rings. The largest absolute Gasteiger partial charge is 0.380 e. The molecule has 3 rings (SSSR count). The first kappa shape index (κ1) is 16.3. The van der Waals surface area contributed by atoms with E-state index in [1.54, 1.807) is 12.1 Å². The Kier molecular flexibility index (Phi) is 4.99. The molecule has 1 saturated carbocycles. The average Bonchev–Trinajstić information content (AvgIpc) is 2.62. The molecule has 0 spiro atoms. The molecule has 5 nitrogen and oxygen atoms in total. The summed E-state index contributed by atoms with van der Waals surface area (Å²) in [5.74, 6) is 0. The van der Waals surface area contributed by atoms with Crippen LogP contribution in [0.25, 0.3) is 0 Å². The molecular formula is C19H23N3O2.